The van der Waals surface area contributed by atoms with Crippen molar-refractivity contribution in [1.82, 2.24) is 25.2 Å². The van der Waals surface area contributed by atoms with Gasteiger partial charge in [0.2, 0.25) is 11.8 Å². The predicted octanol–water partition coefficient (Wildman–Crippen LogP) is 3.58. The van der Waals surface area contributed by atoms with Crippen molar-refractivity contribution in [1.29, 1.82) is 0 Å². The van der Waals surface area contributed by atoms with E-state index in [-0.39, 0.29) is 20.9 Å². The van der Waals surface area contributed by atoms with Gasteiger partial charge in [0.15, 0.2) is 0 Å². The first-order chi connectivity index (χ1) is 20.1. The Hall–Kier alpha value is -2.71. The molecule has 15 heteroatoms. The summed E-state index contributed by atoms with van der Waals surface area (Å²) in [4.78, 5) is 58.4. The Balaban J connectivity index is 1.57. The summed E-state index contributed by atoms with van der Waals surface area (Å²) in [6.45, 7) is 5.49. The number of halogens is 2. The van der Waals surface area contributed by atoms with E-state index < -0.39 is 63.0 Å². The third kappa shape index (κ3) is 8.07. The lowest BCUT2D eigenvalue weighted by Crippen LogP contribution is -2.58. The van der Waals surface area contributed by atoms with Gasteiger partial charge in [-0.25, -0.2) is 22.9 Å². The number of hydrogen-bond donors (Lipinski definition) is 3. The molecule has 0 bridgehead atoms. The minimum atomic E-state index is -4.34. The van der Waals surface area contributed by atoms with E-state index in [9.17, 15) is 27.6 Å². The minimum Gasteiger partial charge on any atom is -0.444 e. The van der Waals surface area contributed by atoms with Gasteiger partial charge in [0.05, 0.1) is 4.47 Å². The molecule has 236 valence electrons. The van der Waals surface area contributed by atoms with Crippen molar-refractivity contribution in [3.63, 3.8) is 0 Å². The number of nitrogens with one attached hydrogen (secondary N) is 3. The topological polar surface area (TPSA) is 164 Å². The van der Waals surface area contributed by atoms with Gasteiger partial charge in [0, 0.05) is 18.7 Å². The fourth-order valence-electron chi connectivity index (χ4n) is 5.37. The molecular weight excluding hydrogens is 666 g/mol. The van der Waals surface area contributed by atoms with E-state index in [4.69, 9.17) is 16.3 Å². The highest BCUT2D eigenvalue weighted by Crippen LogP contribution is 2.46. The molecule has 3 aliphatic rings. The fourth-order valence-corrected chi connectivity index (χ4v) is 6.98. The Kier molecular flexibility index (Phi) is 10.1. The Morgan fingerprint density at radius 2 is 1.93 bits per heavy atom. The van der Waals surface area contributed by atoms with Crippen LogP contribution < -0.4 is 15.4 Å². The quantitative estimate of drug-likeness (QED) is 0.317. The van der Waals surface area contributed by atoms with Crippen LogP contribution in [0.25, 0.3) is 0 Å². The average molecular weight is 703 g/mol. The first kappa shape index (κ1) is 33.2. The van der Waals surface area contributed by atoms with Crippen molar-refractivity contribution in [3.8, 4) is 0 Å². The molecule has 2 aliphatic heterocycles. The molecule has 3 N–H and O–H groups in total. The molecule has 1 aromatic rings. The lowest BCUT2D eigenvalue weighted by Gasteiger charge is -2.30. The second-order valence-electron chi connectivity index (χ2n) is 12.1. The predicted molar refractivity (Wildman–Crippen MR) is 161 cm³/mol. The largest absolute Gasteiger partial charge is 0.444 e. The fraction of sp³-hybridized carbons (Fsp3) is 0.607. The van der Waals surface area contributed by atoms with Gasteiger partial charge in [0.1, 0.15) is 33.3 Å². The molecule has 0 radical (unpaired) electrons. The van der Waals surface area contributed by atoms with Gasteiger partial charge in [-0.05, 0) is 81.3 Å². The second kappa shape index (κ2) is 13.1. The smallest absolute Gasteiger partial charge is 0.408 e. The third-order valence-electron chi connectivity index (χ3n) is 7.63. The van der Waals surface area contributed by atoms with Crippen LogP contribution in [0.4, 0.5) is 4.79 Å². The number of carbonyl (C=O) groups excluding carboxylic acids is 4. The van der Waals surface area contributed by atoms with Crippen LogP contribution in [-0.2, 0) is 29.1 Å². The standard InChI is InChI=1S/C28H37BrClN5O7S/c1-27(2,3)42-26(39)32-20-11-8-6-4-5-7-10-17-15-28(17,33-23(36)21-12-9-13-35(21)24(20)37)25(38)34-43(40,41)18-14-19(29)22(30)31-16-18/h7,10,14,16-17,20-21H,4-6,8-9,11-13,15H2,1-3H3,(H,32,39)(H,33,36)(H,34,38)/b10-7-. The molecule has 4 unspecified atom stereocenters. The van der Waals surface area contributed by atoms with Gasteiger partial charge >= 0.3 is 6.09 Å². The van der Waals surface area contributed by atoms with Crippen LogP contribution in [0.2, 0.25) is 5.15 Å². The number of pyridine rings is 1. The van der Waals surface area contributed by atoms with E-state index in [1.807, 2.05) is 12.2 Å². The van der Waals surface area contributed by atoms with Crippen LogP contribution in [0.1, 0.15) is 72.1 Å². The SMILES string of the molecule is CC(C)(C)OC(=O)NC1CCCCC/C=C\C2CC2(C(=O)NS(=O)(=O)c2cnc(Cl)c(Br)c2)NC(=O)C2CCCN2C1=O. The molecule has 43 heavy (non-hydrogen) atoms. The number of aromatic nitrogens is 1. The minimum absolute atomic E-state index is 0.0598. The van der Waals surface area contributed by atoms with E-state index in [0.717, 1.165) is 19.0 Å². The molecule has 0 spiro atoms. The Morgan fingerprint density at radius 1 is 1.19 bits per heavy atom. The molecule has 4 rings (SSSR count). The number of allylic oxidation sites excluding steroid dienone is 1. The lowest BCUT2D eigenvalue weighted by molar-refractivity contribution is -0.141. The van der Waals surface area contributed by atoms with Crippen LogP contribution in [0.15, 0.2) is 33.8 Å². The van der Waals surface area contributed by atoms with Crippen molar-refractivity contribution in [2.24, 2.45) is 5.92 Å². The highest BCUT2D eigenvalue weighted by Gasteiger charge is 2.61. The van der Waals surface area contributed by atoms with Crippen LogP contribution in [0, 0.1) is 5.92 Å². The normalized spacial score (nSPS) is 27.5. The summed E-state index contributed by atoms with van der Waals surface area (Å²) in [5.41, 5.74) is -2.26. The van der Waals surface area contributed by atoms with E-state index in [1.54, 1.807) is 20.8 Å². The van der Waals surface area contributed by atoms with Gasteiger partial charge < -0.3 is 20.3 Å². The molecule has 4 atom stereocenters. The van der Waals surface area contributed by atoms with Gasteiger partial charge in [-0.1, -0.05) is 36.6 Å². The van der Waals surface area contributed by atoms with Crippen LogP contribution >= 0.6 is 27.5 Å². The summed E-state index contributed by atoms with van der Waals surface area (Å²) in [6.07, 6.45) is 8.53. The summed E-state index contributed by atoms with van der Waals surface area (Å²) in [6, 6.07) is -0.540. The van der Waals surface area contributed by atoms with Gasteiger partial charge in [-0.15, -0.1) is 0 Å². The molecule has 1 aliphatic carbocycles. The number of sulfonamides is 1. The molecule has 12 nitrogen and oxygen atoms in total. The number of carbonyl (C=O) groups is 4. The number of rotatable bonds is 4. The zero-order valence-electron chi connectivity index (χ0n) is 24.3. The summed E-state index contributed by atoms with van der Waals surface area (Å²) >= 11 is 9.02. The Labute approximate surface area is 264 Å². The number of alkyl carbamates (subject to hydrolysis) is 1. The monoisotopic (exact) mass is 701 g/mol. The molecule has 3 heterocycles. The first-order valence-electron chi connectivity index (χ1n) is 14.3. The average Bonchev–Trinajstić information content (AvgIpc) is 3.36. The van der Waals surface area contributed by atoms with Crippen LogP contribution in [0.5, 0.6) is 0 Å². The highest BCUT2D eigenvalue weighted by atomic mass is 79.9. The maximum Gasteiger partial charge on any atom is 0.408 e. The number of amides is 4. The third-order valence-corrected chi connectivity index (χ3v) is 10.1. The van der Waals surface area contributed by atoms with Crippen molar-refractivity contribution < 1.29 is 32.3 Å². The molecule has 2 fully saturated rings. The van der Waals surface area contributed by atoms with Crippen LogP contribution in [0.3, 0.4) is 0 Å². The Bertz CT molecular complexity index is 1420. The van der Waals surface area contributed by atoms with Crippen molar-refractivity contribution in [2.45, 2.75) is 100 Å². The number of ether oxygens (including phenoxy) is 1. The molecule has 4 amide bonds. The molecule has 1 aromatic heterocycles. The van der Waals surface area contributed by atoms with Crippen LogP contribution in [-0.4, -0.2) is 71.9 Å². The van der Waals surface area contributed by atoms with E-state index in [2.05, 4.69) is 36.3 Å². The zero-order chi connectivity index (χ0) is 31.6. The lowest BCUT2D eigenvalue weighted by atomic mass is 10.0. The number of nitrogens with zero attached hydrogens (tertiary/aromatic N) is 2. The number of hydrogen-bond acceptors (Lipinski definition) is 8. The highest BCUT2D eigenvalue weighted by molar-refractivity contribution is 9.10. The van der Waals surface area contributed by atoms with Gasteiger partial charge in [-0.3, -0.25) is 14.4 Å². The molecule has 1 saturated heterocycles. The van der Waals surface area contributed by atoms with Gasteiger partial charge in [0.25, 0.3) is 15.9 Å². The van der Waals surface area contributed by atoms with Crippen molar-refractivity contribution in [3.05, 3.63) is 34.0 Å². The zero-order valence-corrected chi connectivity index (χ0v) is 27.5. The van der Waals surface area contributed by atoms with Gasteiger partial charge in [-0.2, -0.15) is 0 Å². The van der Waals surface area contributed by atoms with E-state index in [0.29, 0.717) is 38.6 Å². The molecule has 0 aromatic carbocycles. The van der Waals surface area contributed by atoms with Crippen molar-refractivity contribution in [2.75, 3.05) is 6.54 Å². The molecular formula is C28H37BrClN5O7S. The van der Waals surface area contributed by atoms with E-state index >= 15 is 0 Å². The summed E-state index contributed by atoms with van der Waals surface area (Å²) in [7, 11) is -4.34. The number of fused-ring (bicyclic) bond motifs is 2. The second-order valence-corrected chi connectivity index (χ2v) is 15.0. The Morgan fingerprint density at radius 3 is 2.63 bits per heavy atom. The summed E-state index contributed by atoms with van der Waals surface area (Å²) in [5, 5.41) is 5.54. The summed E-state index contributed by atoms with van der Waals surface area (Å²) in [5.74, 6) is -2.27. The maximum absolute atomic E-state index is 13.7. The first-order valence-corrected chi connectivity index (χ1v) is 17.0. The molecule has 1 saturated carbocycles. The van der Waals surface area contributed by atoms with E-state index in [1.165, 1.54) is 11.0 Å². The van der Waals surface area contributed by atoms with Crippen molar-refractivity contribution >= 4 is 61.4 Å². The summed E-state index contributed by atoms with van der Waals surface area (Å²) < 4.78 is 33.8. The maximum atomic E-state index is 13.7.